The number of carbonyl (C=O) groups excluding carboxylic acids is 1. The summed E-state index contributed by atoms with van der Waals surface area (Å²) in [5.41, 5.74) is 2.82. The summed E-state index contributed by atoms with van der Waals surface area (Å²) in [4.78, 5) is 19.0. The van der Waals surface area contributed by atoms with Gasteiger partial charge in [0.2, 0.25) is 0 Å². The molecule has 1 atom stereocenters. The van der Waals surface area contributed by atoms with Gasteiger partial charge < -0.3 is 9.80 Å². The largest absolute Gasteiger partial charge is 0.328 e. The highest BCUT2D eigenvalue weighted by Gasteiger charge is 2.27. The van der Waals surface area contributed by atoms with Crippen molar-refractivity contribution in [2.24, 2.45) is 5.92 Å². The van der Waals surface area contributed by atoms with E-state index in [0.717, 1.165) is 56.4 Å². The van der Waals surface area contributed by atoms with E-state index in [4.69, 9.17) is 0 Å². The number of carbonyl (C=O) groups is 1. The van der Waals surface area contributed by atoms with Gasteiger partial charge in [-0.05, 0) is 36.8 Å². The Morgan fingerprint density at radius 1 is 1.24 bits per heavy atom. The van der Waals surface area contributed by atoms with Crippen molar-refractivity contribution in [3.05, 3.63) is 57.3 Å². The lowest BCUT2D eigenvalue weighted by Crippen LogP contribution is -3.13. The molecule has 0 radical (unpaired) electrons. The van der Waals surface area contributed by atoms with E-state index >= 15 is 0 Å². The van der Waals surface area contributed by atoms with E-state index in [-0.39, 0.29) is 5.91 Å². The lowest BCUT2D eigenvalue weighted by Gasteiger charge is -2.32. The van der Waals surface area contributed by atoms with Gasteiger partial charge in [-0.1, -0.05) is 37.3 Å². The zero-order valence-corrected chi connectivity index (χ0v) is 15.8. The highest BCUT2D eigenvalue weighted by molar-refractivity contribution is 7.14. The zero-order chi connectivity index (χ0) is 17.2. The number of fused-ring (bicyclic) bond motifs is 1. The molecule has 2 heterocycles. The molecule has 0 saturated carbocycles. The maximum atomic E-state index is 12.9. The molecular formula is C21H27N2OS+. The Bertz CT molecular complexity index is 732. The first-order valence-corrected chi connectivity index (χ1v) is 10.3. The molecule has 4 heteroatoms. The number of hydrogen-bond acceptors (Lipinski definition) is 2. The smallest absolute Gasteiger partial charge is 0.264 e. The minimum absolute atomic E-state index is 0.255. The standard InChI is InChI=1S/C21H26N2OS/c1-16-7-8-19-18(13-16)14-20(25-19)21(24)23-11-9-22(10-12-23)15-17-5-3-2-4-6-17/h2-6,14,16H,7-13,15H2,1H3/p+1/t16-/m0/s1. The number of quaternary nitrogens is 1. The summed E-state index contributed by atoms with van der Waals surface area (Å²) in [6, 6.07) is 12.9. The van der Waals surface area contributed by atoms with Crippen LogP contribution in [0.25, 0.3) is 0 Å². The average Bonchev–Trinajstić information content (AvgIpc) is 3.06. The van der Waals surface area contributed by atoms with Crippen LogP contribution in [0.15, 0.2) is 36.4 Å². The first kappa shape index (κ1) is 16.8. The van der Waals surface area contributed by atoms with Crippen LogP contribution in [0.2, 0.25) is 0 Å². The number of rotatable bonds is 3. The van der Waals surface area contributed by atoms with Crippen molar-refractivity contribution in [2.75, 3.05) is 26.2 Å². The van der Waals surface area contributed by atoms with Crippen molar-refractivity contribution in [1.29, 1.82) is 0 Å². The highest BCUT2D eigenvalue weighted by atomic mass is 32.1. The summed E-state index contributed by atoms with van der Waals surface area (Å²) < 4.78 is 0. The van der Waals surface area contributed by atoms with Crippen molar-refractivity contribution in [1.82, 2.24) is 4.90 Å². The monoisotopic (exact) mass is 355 g/mol. The Hall–Kier alpha value is -1.65. The number of amides is 1. The van der Waals surface area contributed by atoms with Crippen molar-refractivity contribution in [2.45, 2.75) is 32.7 Å². The minimum atomic E-state index is 0.255. The first-order chi connectivity index (χ1) is 12.2. The van der Waals surface area contributed by atoms with Gasteiger partial charge in [-0.15, -0.1) is 11.3 Å². The lowest BCUT2D eigenvalue weighted by molar-refractivity contribution is -0.917. The second kappa shape index (κ2) is 7.30. The fourth-order valence-corrected chi connectivity index (χ4v) is 5.23. The van der Waals surface area contributed by atoms with Crippen LogP contribution in [-0.4, -0.2) is 37.0 Å². The van der Waals surface area contributed by atoms with Crippen molar-refractivity contribution in [3.8, 4) is 0 Å². The molecule has 1 amide bonds. The second-order valence-corrected chi connectivity index (χ2v) is 8.75. The van der Waals surface area contributed by atoms with Crippen molar-refractivity contribution < 1.29 is 9.69 Å². The van der Waals surface area contributed by atoms with Gasteiger partial charge in [0.25, 0.3) is 5.91 Å². The van der Waals surface area contributed by atoms with Crippen LogP contribution in [0.1, 0.15) is 39.0 Å². The number of piperazine rings is 1. The summed E-state index contributed by atoms with van der Waals surface area (Å²) in [7, 11) is 0. The molecule has 2 aromatic rings. The van der Waals surface area contributed by atoms with E-state index in [9.17, 15) is 4.79 Å². The molecule has 1 aromatic carbocycles. The predicted octanol–water partition coefficient (Wildman–Crippen LogP) is 2.41. The van der Waals surface area contributed by atoms with E-state index < -0.39 is 0 Å². The zero-order valence-electron chi connectivity index (χ0n) is 15.0. The Labute approximate surface area is 154 Å². The van der Waals surface area contributed by atoms with Crippen LogP contribution in [0.5, 0.6) is 0 Å². The molecule has 1 fully saturated rings. The molecule has 4 rings (SSSR count). The molecule has 1 aromatic heterocycles. The molecule has 132 valence electrons. The van der Waals surface area contributed by atoms with Crippen molar-refractivity contribution >= 4 is 17.2 Å². The van der Waals surface area contributed by atoms with Gasteiger partial charge in [-0.3, -0.25) is 4.79 Å². The lowest BCUT2D eigenvalue weighted by atomic mass is 9.90. The van der Waals surface area contributed by atoms with Crippen molar-refractivity contribution in [3.63, 3.8) is 0 Å². The predicted molar refractivity (Wildman–Crippen MR) is 102 cm³/mol. The molecule has 1 aliphatic carbocycles. The maximum Gasteiger partial charge on any atom is 0.264 e. The third-order valence-electron chi connectivity index (χ3n) is 5.59. The van der Waals surface area contributed by atoms with Crippen LogP contribution in [-0.2, 0) is 19.4 Å². The fourth-order valence-electron chi connectivity index (χ4n) is 4.05. The van der Waals surface area contributed by atoms with Crippen LogP contribution in [0, 0.1) is 5.92 Å². The molecule has 0 spiro atoms. The molecule has 1 aliphatic heterocycles. The van der Waals surface area contributed by atoms with Gasteiger partial charge in [0.05, 0.1) is 31.1 Å². The number of aryl methyl sites for hydroxylation is 1. The number of nitrogens with zero attached hydrogens (tertiary/aromatic N) is 1. The van der Waals surface area contributed by atoms with Gasteiger partial charge in [-0.2, -0.15) is 0 Å². The Balaban J connectivity index is 1.35. The molecule has 2 aliphatic rings. The summed E-state index contributed by atoms with van der Waals surface area (Å²) >= 11 is 1.74. The Morgan fingerprint density at radius 3 is 2.76 bits per heavy atom. The molecular weight excluding hydrogens is 328 g/mol. The van der Waals surface area contributed by atoms with E-state index in [1.54, 1.807) is 16.2 Å². The number of hydrogen-bond donors (Lipinski definition) is 1. The number of benzene rings is 1. The van der Waals surface area contributed by atoms with E-state index in [1.807, 2.05) is 0 Å². The van der Waals surface area contributed by atoms with Gasteiger partial charge in [0.1, 0.15) is 6.54 Å². The number of nitrogens with one attached hydrogen (secondary N) is 1. The van der Waals surface area contributed by atoms with E-state index in [0.29, 0.717) is 0 Å². The van der Waals surface area contributed by atoms with E-state index in [1.165, 1.54) is 22.4 Å². The van der Waals surface area contributed by atoms with Gasteiger partial charge in [-0.25, -0.2) is 0 Å². The third kappa shape index (κ3) is 3.80. The first-order valence-electron chi connectivity index (χ1n) is 9.47. The normalized spacial score (nSPS) is 21.2. The molecule has 0 unspecified atom stereocenters. The summed E-state index contributed by atoms with van der Waals surface area (Å²) in [5.74, 6) is 1.01. The van der Waals surface area contributed by atoms with Gasteiger partial charge in [0, 0.05) is 10.4 Å². The third-order valence-corrected chi connectivity index (χ3v) is 6.82. The summed E-state index contributed by atoms with van der Waals surface area (Å²) in [6.45, 7) is 7.22. The average molecular weight is 356 g/mol. The van der Waals surface area contributed by atoms with Crippen LogP contribution in [0.3, 0.4) is 0 Å². The SMILES string of the molecule is C[C@H]1CCc2sc(C(=O)N3CC[NH+](Cc4ccccc4)CC3)cc2C1. The topological polar surface area (TPSA) is 24.8 Å². The number of thiophene rings is 1. The maximum absolute atomic E-state index is 12.9. The van der Waals surface area contributed by atoms with Crippen LogP contribution >= 0.6 is 11.3 Å². The Kier molecular flexibility index (Phi) is 4.91. The summed E-state index contributed by atoms with van der Waals surface area (Å²) in [6.07, 6.45) is 3.57. The highest BCUT2D eigenvalue weighted by Crippen LogP contribution is 2.32. The molecule has 1 N–H and O–H groups in total. The molecule has 3 nitrogen and oxygen atoms in total. The fraction of sp³-hybridized carbons (Fsp3) is 0.476. The molecule has 0 bridgehead atoms. The quantitative estimate of drug-likeness (QED) is 0.899. The molecule has 1 saturated heterocycles. The summed E-state index contributed by atoms with van der Waals surface area (Å²) in [5, 5.41) is 0. The van der Waals surface area contributed by atoms with Gasteiger partial charge >= 0.3 is 0 Å². The van der Waals surface area contributed by atoms with Crippen LogP contribution < -0.4 is 4.90 Å². The molecule has 25 heavy (non-hydrogen) atoms. The van der Waals surface area contributed by atoms with Crippen LogP contribution in [0.4, 0.5) is 0 Å². The van der Waals surface area contributed by atoms with E-state index in [2.05, 4.69) is 48.2 Å². The Morgan fingerprint density at radius 2 is 2.00 bits per heavy atom. The minimum Gasteiger partial charge on any atom is -0.328 e. The van der Waals surface area contributed by atoms with Gasteiger partial charge in [0.15, 0.2) is 0 Å². The second-order valence-electron chi connectivity index (χ2n) is 7.61.